The van der Waals surface area contributed by atoms with Crippen LogP contribution in [0.3, 0.4) is 0 Å². The molecule has 6 rings (SSSR count). The molecule has 3 aliphatic heterocycles. The highest BCUT2D eigenvalue weighted by Gasteiger charge is 2.54. The molecule has 3 saturated heterocycles. The molecule has 1 aliphatic carbocycles. The van der Waals surface area contributed by atoms with E-state index < -0.39 is 6.04 Å². The number of fused-ring (bicyclic) bond motifs is 1. The Morgan fingerprint density at radius 2 is 1.68 bits per heavy atom. The summed E-state index contributed by atoms with van der Waals surface area (Å²) < 4.78 is 2.35. The molecule has 8 heteroatoms. The standard InChI is InChI=1S/C30H37ClN4O2S/c1-20-7-6-8-22(15-20)17-25-29(36)33(23-10-11-23)19-28-34(38-27-12-9-21(2)16-24(27)31)18-26(30(37)35(25)28)32-13-4-3-5-14-32/h6-9,12,15-16,23,25-26,28H,3-5,10-11,13-14,17-19H2,1-2H3. The molecule has 3 atom stereocenters. The molecule has 1 saturated carbocycles. The van der Waals surface area contributed by atoms with Gasteiger partial charge < -0.3 is 9.80 Å². The third-order valence-corrected chi connectivity index (χ3v) is 10.0. The van der Waals surface area contributed by atoms with Crippen LogP contribution in [-0.2, 0) is 16.0 Å². The largest absolute Gasteiger partial charge is 0.334 e. The fourth-order valence-electron chi connectivity index (χ4n) is 6.31. The van der Waals surface area contributed by atoms with Crippen molar-refractivity contribution in [3.05, 3.63) is 64.2 Å². The van der Waals surface area contributed by atoms with Crippen molar-refractivity contribution in [1.29, 1.82) is 0 Å². The Morgan fingerprint density at radius 3 is 2.39 bits per heavy atom. The summed E-state index contributed by atoms with van der Waals surface area (Å²) in [7, 11) is 0. The molecule has 3 heterocycles. The molecule has 2 aromatic carbocycles. The second kappa shape index (κ2) is 10.8. The molecule has 0 N–H and O–H groups in total. The molecule has 3 unspecified atom stereocenters. The Bertz CT molecular complexity index is 1210. The molecule has 0 aromatic heterocycles. The van der Waals surface area contributed by atoms with Crippen molar-refractivity contribution in [2.24, 2.45) is 0 Å². The summed E-state index contributed by atoms with van der Waals surface area (Å²) in [4.78, 5) is 35.7. The van der Waals surface area contributed by atoms with E-state index >= 15 is 0 Å². The number of likely N-dealkylation sites (tertiary alicyclic amines) is 1. The van der Waals surface area contributed by atoms with Gasteiger partial charge in [0.1, 0.15) is 18.2 Å². The summed E-state index contributed by atoms with van der Waals surface area (Å²) in [5.74, 6) is 0.224. The smallest absolute Gasteiger partial charge is 0.246 e. The van der Waals surface area contributed by atoms with Crippen molar-refractivity contribution in [2.45, 2.75) is 81.6 Å². The zero-order chi connectivity index (χ0) is 26.4. The number of carbonyl (C=O) groups is 2. The number of hydrogen-bond acceptors (Lipinski definition) is 5. The van der Waals surface area contributed by atoms with Gasteiger partial charge in [0.25, 0.3) is 0 Å². The second-order valence-corrected chi connectivity index (χ2v) is 12.9. The highest BCUT2D eigenvalue weighted by molar-refractivity contribution is 7.97. The maximum Gasteiger partial charge on any atom is 0.246 e. The first-order valence-corrected chi connectivity index (χ1v) is 15.2. The quantitative estimate of drug-likeness (QED) is 0.477. The molecule has 0 bridgehead atoms. The number of halogens is 1. The van der Waals surface area contributed by atoms with Gasteiger partial charge in [-0.05, 0) is 87.8 Å². The van der Waals surface area contributed by atoms with Gasteiger partial charge in [0, 0.05) is 23.9 Å². The van der Waals surface area contributed by atoms with Crippen LogP contribution in [0.25, 0.3) is 0 Å². The number of nitrogens with zero attached hydrogens (tertiary/aromatic N) is 4. The minimum atomic E-state index is -0.493. The van der Waals surface area contributed by atoms with Crippen LogP contribution in [0.5, 0.6) is 0 Å². The first-order chi connectivity index (χ1) is 18.4. The van der Waals surface area contributed by atoms with Crippen molar-refractivity contribution in [3.8, 4) is 0 Å². The number of hydrogen-bond donors (Lipinski definition) is 0. The Morgan fingerprint density at radius 1 is 0.921 bits per heavy atom. The fraction of sp³-hybridized carbons (Fsp3) is 0.533. The van der Waals surface area contributed by atoms with E-state index in [9.17, 15) is 9.59 Å². The van der Waals surface area contributed by atoms with Gasteiger partial charge in [0.2, 0.25) is 11.8 Å². The lowest BCUT2D eigenvalue weighted by Crippen LogP contribution is -2.74. The van der Waals surface area contributed by atoms with E-state index in [1.807, 2.05) is 24.0 Å². The highest BCUT2D eigenvalue weighted by atomic mass is 35.5. The summed E-state index contributed by atoms with van der Waals surface area (Å²) in [6, 6.07) is 14.1. The summed E-state index contributed by atoms with van der Waals surface area (Å²) >= 11 is 8.34. The molecule has 2 aromatic rings. The number of benzene rings is 2. The number of aryl methyl sites for hydroxylation is 2. The summed E-state index contributed by atoms with van der Waals surface area (Å²) in [5, 5.41) is 0.732. The van der Waals surface area contributed by atoms with E-state index in [-0.39, 0.29) is 24.0 Å². The molecule has 4 aliphatic rings. The summed E-state index contributed by atoms with van der Waals surface area (Å²) in [5.41, 5.74) is 3.40. The number of carbonyl (C=O) groups excluding carboxylic acids is 2. The number of rotatable bonds is 6. The highest BCUT2D eigenvalue weighted by Crippen LogP contribution is 2.40. The maximum atomic E-state index is 14.3. The van der Waals surface area contributed by atoms with Crippen molar-refractivity contribution >= 4 is 35.4 Å². The van der Waals surface area contributed by atoms with Gasteiger partial charge in [0.15, 0.2) is 0 Å². The average Bonchev–Trinajstić information content (AvgIpc) is 3.74. The van der Waals surface area contributed by atoms with Crippen LogP contribution in [0, 0.1) is 13.8 Å². The number of piperidine rings is 1. The Balaban J connectivity index is 1.38. The minimum absolute atomic E-state index is 0.108. The van der Waals surface area contributed by atoms with Crippen molar-refractivity contribution in [2.75, 3.05) is 26.2 Å². The molecule has 0 spiro atoms. The first-order valence-electron chi connectivity index (χ1n) is 14.0. The van der Waals surface area contributed by atoms with Gasteiger partial charge in [-0.3, -0.25) is 14.5 Å². The van der Waals surface area contributed by atoms with Gasteiger partial charge in [-0.15, -0.1) is 0 Å². The second-order valence-electron chi connectivity index (χ2n) is 11.4. The Kier molecular flexibility index (Phi) is 7.47. The topological polar surface area (TPSA) is 47.1 Å². The lowest BCUT2D eigenvalue weighted by atomic mass is 9.95. The average molecular weight is 553 g/mol. The van der Waals surface area contributed by atoms with Gasteiger partial charge in [-0.25, -0.2) is 4.31 Å². The minimum Gasteiger partial charge on any atom is -0.334 e. The normalized spacial score (nSPS) is 27.1. The van der Waals surface area contributed by atoms with E-state index in [0.717, 1.165) is 59.8 Å². The molecule has 2 amide bonds. The van der Waals surface area contributed by atoms with Crippen LogP contribution < -0.4 is 0 Å². The third-order valence-electron chi connectivity index (χ3n) is 8.44. The maximum absolute atomic E-state index is 14.3. The van der Waals surface area contributed by atoms with Crippen LogP contribution in [0.4, 0.5) is 0 Å². The first kappa shape index (κ1) is 26.2. The van der Waals surface area contributed by atoms with E-state index in [1.165, 1.54) is 12.0 Å². The molecule has 0 radical (unpaired) electrons. The lowest BCUT2D eigenvalue weighted by molar-refractivity contribution is -0.170. The molecular formula is C30H37ClN4O2S. The fourth-order valence-corrected chi connectivity index (χ4v) is 7.69. The van der Waals surface area contributed by atoms with E-state index in [2.05, 4.69) is 51.4 Å². The van der Waals surface area contributed by atoms with Crippen LogP contribution in [0.15, 0.2) is 47.4 Å². The predicted octanol–water partition coefficient (Wildman–Crippen LogP) is 4.90. The molecular weight excluding hydrogens is 516 g/mol. The number of amides is 2. The summed E-state index contributed by atoms with van der Waals surface area (Å²) in [6.07, 6.45) is 5.91. The van der Waals surface area contributed by atoms with E-state index in [1.54, 1.807) is 11.9 Å². The monoisotopic (exact) mass is 552 g/mol. The molecule has 4 fully saturated rings. The van der Waals surface area contributed by atoms with E-state index in [0.29, 0.717) is 25.6 Å². The van der Waals surface area contributed by atoms with Gasteiger partial charge in [-0.2, -0.15) is 0 Å². The van der Waals surface area contributed by atoms with Gasteiger partial charge in [0.05, 0.1) is 11.6 Å². The zero-order valence-electron chi connectivity index (χ0n) is 22.3. The summed E-state index contributed by atoms with van der Waals surface area (Å²) in [6.45, 7) is 7.19. The van der Waals surface area contributed by atoms with Crippen molar-refractivity contribution in [1.82, 2.24) is 19.0 Å². The van der Waals surface area contributed by atoms with Crippen molar-refractivity contribution < 1.29 is 9.59 Å². The van der Waals surface area contributed by atoms with Crippen LogP contribution >= 0.6 is 23.5 Å². The van der Waals surface area contributed by atoms with Crippen molar-refractivity contribution in [3.63, 3.8) is 0 Å². The lowest BCUT2D eigenvalue weighted by Gasteiger charge is -2.55. The van der Waals surface area contributed by atoms with E-state index in [4.69, 9.17) is 11.6 Å². The van der Waals surface area contributed by atoms with Crippen LogP contribution in [0.1, 0.15) is 48.8 Å². The molecule has 6 nitrogen and oxygen atoms in total. The zero-order valence-corrected chi connectivity index (χ0v) is 23.9. The third kappa shape index (κ3) is 5.23. The number of piperazine rings is 1. The van der Waals surface area contributed by atoms with Gasteiger partial charge >= 0.3 is 0 Å². The van der Waals surface area contributed by atoms with Crippen LogP contribution in [0.2, 0.25) is 5.02 Å². The molecule has 202 valence electrons. The SMILES string of the molecule is Cc1cccc(CC2C(=O)N(C3CC3)CC3N(Sc4ccc(C)cc4Cl)CC(N4CCCCC4)C(=O)N23)c1. The van der Waals surface area contributed by atoms with Crippen LogP contribution in [-0.4, -0.2) is 81.3 Å². The Hall–Kier alpha value is -2.06. The molecule has 38 heavy (non-hydrogen) atoms. The Labute approximate surface area is 235 Å². The van der Waals surface area contributed by atoms with Gasteiger partial charge in [-0.1, -0.05) is 53.9 Å². The predicted molar refractivity (Wildman–Crippen MR) is 152 cm³/mol.